The predicted octanol–water partition coefficient (Wildman–Crippen LogP) is 2.35. The minimum Gasteiger partial charge on any atom is -0.493 e. The van der Waals surface area contributed by atoms with E-state index in [2.05, 4.69) is 15.9 Å². The van der Waals surface area contributed by atoms with Crippen molar-refractivity contribution in [1.29, 1.82) is 0 Å². The second kappa shape index (κ2) is 5.09. The summed E-state index contributed by atoms with van der Waals surface area (Å²) in [6.07, 6.45) is 5.37. The highest BCUT2D eigenvalue weighted by molar-refractivity contribution is 9.10. The van der Waals surface area contributed by atoms with E-state index >= 15 is 0 Å². The summed E-state index contributed by atoms with van der Waals surface area (Å²) in [6, 6.07) is 1.87. The van der Waals surface area contributed by atoms with Crippen molar-refractivity contribution in [3.8, 4) is 11.5 Å². The zero-order valence-corrected chi connectivity index (χ0v) is 14.3. The SMILES string of the molecule is COc1cc(Br)c2c3c1O[C@H]1CC(=O)C=C[C@@]31CCN(C=O)C2. The molecule has 2 atom stereocenters. The number of hydrogen-bond acceptors (Lipinski definition) is 4. The topological polar surface area (TPSA) is 55.8 Å². The van der Waals surface area contributed by atoms with Crippen LogP contribution in [0.2, 0.25) is 0 Å². The molecule has 1 amide bonds. The molecule has 0 fully saturated rings. The summed E-state index contributed by atoms with van der Waals surface area (Å²) in [5.41, 5.74) is 1.72. The van der Waals surface area contributed by atoms with Gasteiger partial charge in [0.2, 0.25) is 6.41 Å². The van der Waals surface area contributed by atoms with Crippen LogP contribution in [0.15, 0.2) is 22.7 Å². The monoisotopic (exact) mass is 377 g/mol. The zero-order chi connectivity index (χ0) is 16.2. The summed E-state index contributed by atoms with van der Waals surface area (Å²) in [7, 11) is 1.61. The average Bonchev–Trinajstić information content (AvgIpc) is 2.77. The smallest absolute Gasteiger partial charge is 0.210 e. The zero-order valence-electron chi connectivity index (χ0n) is 12.7. The lowest BCUT2D eigenvalue weighted by atomic mass is 9.69. The second-order valence-electron chi connectivity index (χ2n) is 6.22. The second-order valence-corrected chi connectivity index (χ2v) is 7.07. The van der Waals surface area contributed by atoms with Crippen LogP contribution in [0, 0.1) is 0 Å². The first-order chi connectivity index (χ1) is 11.1. The highest BCUT2D eigenvalue weighted by Crippen LogP contribution is 2.56. The highest BCUT2D eigenvalue weighted by Gasteiger charge is 2.53. The molecule has 1 aliphatic carbocycles. The maximum Gasteiger partial charge on any atom is 0.210 e. The van der Waals surface area contributed by atoms with E-state index in [1.807, 2.05) is 12.1 Å². The Kier molecular flexibility index (Phi) is 3.27. The molecule has 1 spiro atoms. The molecule has 0 bridgehead atoms. The van der Waals surface area contributed by atoms with Crippen molar-refractivity contribution in [1.82, 2.24) is 4.90 Å². The summed E-state index contributed by atoms with van der Waals surface area (Å²) in [4.78, 5) is 25.0. The number of halogens is 1. The number of carbonyl (C=O) groups is 2. The fourth-order valence-electron chi connectivity index (χ4n) is 3.95. The molecule has 5 nitrogen and oxygen atoms in total. The molecule has 120 valence electrons. The van der Waals surface area contributed by atoms with Crippen LogP contribution in [-0.4, -0.2) is 36.9 Å². The van der Waals surface area contributed by atoms with Crippen molar-refractivity contribution in [2.45, 2.75) is 30.9 Å². The molecule has 2 heterocycles. The van der Waals surface area contributed by atoms with E-state index < -0.39 is 0 Å². The van der Waals surface area contributed by atoms with Crippen LogP contribution in [-0.2, 0) is 21.5 Å². The summed E-state index contributed by atoms with van der Waals surface area (Å²) < 4.78 is 12.6. The van der Waals surface area contributed by atoms with Gasteiger partial charge >= 0.3 is 0 Å². The third kappa shape index (κ3) is 1.97. The molecule has 1 aromatic rings. The van der Waals surface area contributed by atoms with Crippen molar-refractivity contribution in [3.63, 3.8) is 0 Å². The number of methoxy groups -OCH3 is 1. The predicted molar refractivity (Wildman–Crippen MR) is 86.6 cm³/mol. The van der Waals surface area contributed by atoms with Crippen molar-refractivity contribution in [2.75, 3.05) is 13.7 Å². The van der Waals surface area contributed by atoms with Gasteiger partial charge in [0.15, 0.2) is 17.3 Å². The first kappa shape index (κ1) is 14.8. The van der Waals surface area contributed by atoms with E-state index in [0.29, 0.717) is 31.0 Å². The van der Waals surface area contributed by atoms with Gasteiger partial charge in [0, 0.05) is 29.5 Å². The molecule has 1 aromatic carbocycles. The number of carbonyl (C=O) groups excluding carboxylic acids is 2. The van der Waals surface area contributed by atoms with Crippen LogP contribution < -0.4 is 9.47 Å². The number of ether oxygens (including phenoxy) is 2. The van der Waals surface area contributed by atoms with Gasteiger partial charge in [0.25, 0.3) is 0 Å². The molecule has 0 N–H and O–H groups in total. The first-order valence-corrected chi connectivity index (χ1v) is 8.36. The molecule has 0 radical (unpaired) electrons. The van der Waals surface area contributed by atoms with Gasteiger partial charge < -0.3 is 14.4 Å². The Labute approximate surface area is 142 Å². The Hall–Kier alpha value is -1.82. The molecular formula is C17H16BrNO4. The quantitative estimate of drug-likeness (QED) is 0.742. The molecule has 6 heteroatoms. The molecule has 4 rings (SSSR count). The number of hydrogen-bond donors (Lipinski definition) is 0. The Morgan fingerprint density at radius 2 is 2.35 bits per heavy atom. The van der Waals surface area contributed by atoms with E-state index in [0.717, 1.165) is 28.4 Å². The highest BCUT2D eigenvalue weighted by atomic mass is 79.9. The van der Waals surface area contributed by atoms with E-state index in [1.165, 1.54) is 0 Å². The van der Waals surface area contributed by atoms with Crippen LogP contribution in [0.3, 0.4) is 0 Å². The number of nitrogens with zero attached hydrogens (tertiary/aromatic N) is 1. The number of allylic oxidation sites excluding steroid dienone is 1. The third-order valence-corrected chi connectivity index (χ3v) is 5.80. The summed E-state index contributed by atoms with van der Waals surface area (Å²) in [5, 5.41) is 0. The van der Waals surface area contributed by atoms with Crippen molar-refractivity contribution < 1.29 is 19.1 Å². The first-order valence-electron chi connectivity index (χ1n) is 7.57. The van der Waals surface area contributed by atoms with E-state index in [1.54, 1.807) is 18.1 Å². The molecule has 2 aliphatic heterocycles. The molecule has 0 aromatic heterocycles. The van der Waals surface area contributed by atoms with E-state index in [4.69, 9.17) is 9.47 Å². The molecule has 3 aliphatic rings. The van der Waals surface area contributed by atoms with Crippen LogP contribution in [0.4, 0.5) is 0 Å². The van der Waals surface area contributed by atoms with E-state index in [9.17, 15) is 9.59 Å². The Morgan fingerprint density at radius 3 is 3.09 bits per heavy atom. The maximum atomic E-state index is 11.9. The number of benzene rings is 1. The van der Waals surface area contributed by atoms with Gasteiger partial charge in [-0.3, -0.25) is 9.59 Å². The van der Waals surface area contributed by atoms with Gasteiger partial charge in [0.05, 0.1) is 12.5 Å². The minimum absolute atomic E-state index is 0.0736. The Balaban J connectivity index is 2.00. The summed E-state index contributed by atoms with van der Waals surface area (Å²) in [5.74, 6) is 1.44. The van der Waals surface area contributed by atoms with Gasteiger partial charge in [-0.2, -0.15) is 0 Å². The third-order valence-electron chi connectivity index (χ3n) is 5.09. The van der Waals surface area contributed by atoms with Gasteiger partial charge in [-0.25, -0.2) is 0 Å². The molecule has 0 unspecified atom stereocenters. The molecule has 0 saturated heterocycles. The molecular weight excluding hydrogens is 362 g/mol. The molecule has 0 saturated carbocycles. The van der Waals surface area contributed by atoms with Crippen LogP contribution in [0.5, 0.6) is 11.5 Å². The Bertz CT molecular complexity index is 745. The average molecular weight is 378 g/mol. The van der Waals surface area contributed by atoms with Crippen LogP contribution in [0.1, 0.15) is 24.0 Å². The van der Waals surface area contributed by atoms with E-state index in [-0.39, 0.29) is 17.3 Å². The van der Waals surface area contributed by atoms with Gasteiger partial charge in [-0.1, -0.05) is 22.0 Å². The minimum atomic E-state index is -0.368. The summed E-state index contributed by atoms with van der Waals surface area (Å²) in [6.45, 7) is 1.15. The standard InChI is InChI=1S/C17H16BrNO4/c1-22-13-7-12(18)11-8-19(9-20)5-4-17-3-2-10(21)6-14(17)23-16(13)15(11)17/h2-3,7,9,14H,4-6,8H2,1H3/t14-,17-/m0/s1. The lowest BCUT2D eigenvalue weighted by Crippen LogP contribution is -2.41. The van der Waals surface area contributed by atoms with Gasteiger partial charge in [-0.15, -0.1) is 0 Å². The fraction of sp³-hybridized carbons (Fsp3) is 0.412. The van der Waals surface area contributed by atoms with Crippen LogP contribution >= 0.6 is 15.9 Å². The molecule has 23 heavy (non-hydrogen) atoms. The lowest BCUT2D eigenvalue weighted by Gasteiger charge is -2.33. The normalized spacial score (nSPS) is 27.8. The largest absolute Gasteiger partial charge is 0.493 e. The van der Waals surface area contributed by atoms with Crippen molar-refractivity contribution in [3.05, 3.63) is 33.8 Å². The van der Waals surface area contributed by atoms with Crippen molar-refractivity contribution >= 4 is 28.1 Å². The van der Waals surface area contributed by atoms with Crippen molar-refractivity contribution in [2.24, 2.45) is 0 Å². The van der Waals surface area contributed by atoms with Gasteiger partial charge in [-0.05, 0) is 24.1 Å². The van der Waals surface area contributed by atoms with Gasteiger partial charge in [0.1, 0.15) is 6.10 Å². The number of ketones is 1. The fourth-order valence-corrected chi connectivity index (χ4v) is 4.48. The number of amides is 1. The lowest BCUT2D eigenvalue weighted by molar-refractivity contribution is -0.119. The Morgan fingerprint density at radius 1 is 1.52 bits per heavy atom. The maximum absolute atomic E-state index is 11.9. The summed E-state index contributed by atoms with van der Waals surface area (Å²) >= 11 is 3.61. The number of rotatable bonds is 2. The van der Waals surface area contributed by atoms with Crippen LogP contribution in [0.25, 0.3) is 0 Å².